The van der Waals surface area contributed by atoms with Crippen LogP contribution in [0.15, 0.2) is 24.3 Å². The van der Waals surface area contributed by atoms with E-state index in [-0.39, 0.29) is 17.4 Å². The van der Waals surface area contributed by atoms with Crippen molar-refractivity contribution >= 4 is 22.4 Å². The first-order valence-corrected chi connectivity index (χ1v) is 6.71. The molecule has 0 spiro atoms. The zero-order valence-electron chi connectivity index (χ0n) is 11.0. The van der Waals surface area contributed by atoms with Gasteiger partial charge in [-0.05, 0) is 53.4 Å². The van der Waals surface area contributed by atoms with Gasteiger partial charge in [-0.15, -0.1) is 0 Å². The maximum Gasteiger partial charge on any atom is 0.387 e. The normalized spacial score (nSPS) is 16.4. The van der Waals surface area contributed by atoms with E-state index in [1.54, 1.807) is 6.07 Å². The molecule has 1 fully saturated rings. The summed E-state index contributed by atoms with van der Waals surface area (Å²) < 4.78 is 0. The predicted octanol–water partition coefficient (Wildman–Crippen LogP) is 2.19. The number of hydrogen-bond acceptors (Lipinski definition) is 5. The average molecular weight is 272 g/mol. The second-order valence-corrected chi connectivity index (χ2v) is 5.06. The molecule has 6 heteroatoms. The molecule has 1 aromatic heterocycles. The number of anilines is 1. The van der Waals surface area contributed by atoms with Crippen LogP contribution in [0, 0.1) is 10.1 Å². The number of para-hydroxylation sites is 1. The van der Waals surface area contributed by atoms with Gasteiger partial charge in [0.1, 0.15) is 5.69 Å². The van der Waals surface area contributed by atoms with E-state index < -0.39 is 4.92 Å². The van der Waals surface area contributed by atoms with Crippen molar-refractivity contribution in [3.05, 3.63) is 39.9 Å². The third kappa shape index (κ3) is 2.08. The zero-order valence-corrected chi connectivity index (χ0v) is 11.0. The molecule has 0 aliphatic carbocycles. The Morgan fingerprint density at radius 3 is 2.70 bits per heavy atom. The molecule has 3 rings (SSSR count). The largest absolute Gasteiger partial charge is 0.392 e. The second kappa shape index (κ2) is 5.05. The molecule has 0 radical (unpaired) electrons. The van der Waals surface area contributed by atoms with Crippen LogP contribution in [0.2, 0.25) is 0 Å². The molecular weight excluding hydrogens is 256 g/mol. The Morgan fingerprint density at radius 1 is 1.30 bits per heavy atom. The first kappa shape index (κ1) is 12.8. The Morgan fingerprint density at radius 2 is 2.00 bits per heavy atom. The van der Waals surface area contributed by atoms with Crippen LogP contribution in [-0.2, 0) is 0 Å². The SMILES string of the molecule is Nc1c([N+](=O)[O-])nc2ccccc2c1C1CCNCC1. The number of nitrogen functional groups attached to an aromatic ring is 1. The van der Waals surface area contributed by atoms with Gasteiger partial charge in [-0.25, -0.2) is 0 Å². The van der Waals surface area contributed by atoms with Gasteiger partial charge in [-0.3, -0.25) is 0 Å². The molecule has 1 aromatic carbocycles. The quantitative estimate of drug-likeness (QED) is 0.645. The minimum atomic E-state index is -0.494. The molecule has 6 nitrogen and oxygen atoms in total. The number of hydrogen-bond donors (Lipinski definition) is 2. The number of piperidine rings is 1. The third-order valence-corrected chi connectivity index (χ3v) is 3.87. The number of pyridine rings is 1. The van der Waals surface area contributed by atoms with Crippen molar-refractivity contribution in [2.75, 3.05) is 18.8 Å². The number of nitro groups is 1. The summed E-state index contributed by atoms with van der Waals surface area (Å²) in [6.07, 6.45) is 1.88. The van der Waals surface area contributed by atoms with E-state index in [4.69, 9.17) is 5.73 Å². The van der Waals surface area contributed by atoms with Crippen molar-refractivity contribution in [3.8, 4) is 0 Å². The fraction of sp³-hybridized carbons (Fsp3) is 0.357. The highest BCUT2D eigenvalue weighted by Gasteiger charge is 2.27. The number of nitrogens with two attached hydrogens (primary N) is 1. The van der Waals surface area contributed by atoms with Crippen LogP contribution in [0.1, 0.15) is 24.3 Å². The lowest BCUT2D eigenvalue weighted by atomic mass is 9.87. The second-order valence-electron chi connectivity index (χ2n) is 5.06. The summed E-state index contributed by atoms with van der Waals surface area (Å²) in [6.45, 7) is 1.82. The van der Waals surface area contributed by atoms with Crippen molar-refractivity contribution in [3.63, 3.8) is 0 Å². The Hall–Kier alpha value is -2.21. The van der Waals surface area contributed by atoms with Crippen molar-refractivity contribution in [1.82, 2.24) is 10.3 Å². The molecule has 1 aliphatic rings. The Bertz CT molecular complexity index is 666. The lowest BCUT2D eigenvalue weighted by Crippen LogP contribution is -2.27. The van der Waals surface area contributed by atoms with Crippen LogP contribution < -0.4 is 11.1 Å². The van der Waals surface area contributed by atoms with Crippen LogP contribution in [0.4, 0.5) is 11.5 Å². The topological polar surface area (TPSA) is 94.1 Å². The van der Waals surface area contributed by atoms with Crippen molar-refractivity contribution in [2.45, 2.75) is 18.8 Å². The smallest absolute Gasteiger partial charge is 0.387 e. The van der Waals surface area contributed by atoms with E-state index in [2.05, 4.69) is 10.3 Å². The van der Waals surface area contributed by atoms with Crippen LogP contribution in [0.3, 0.4) is 0 Å². The lowest BCUT2D eigenvalue weighted by molar-refractivity contribution is -0.388. The Balaban J connectivity index is 2.25. The molecule has 0 bridgehead atoms. The number of nitrogens with one attached hydrogen (secondary N) is 1. The van der Waals surface area contributed by atoms with Crippen molar-refractivity contribution < 1.29 is 4.92 Å². The number of fused-ring (bicyclic) bond motifs is 1. The summed E-state index contributed by atoms with van der Waals surface area (Å²) >= 11 is 0. The molecule has 0 amide bonds. The third-order valence-electron chi connectivity index (χ3n) is 3.87. The van der Waals surface area contributed by atoms with Gasteiger partial charge in [-0.2, -0.15) is 0 Å². The highest BCUT2D eigenvalue weighted by molar-refractivity contribution is 5.89. The van der Waals surface area contributed by atoms with Crippen LogP contribution in [-0.4, -0.2) is 23.0 Å². The average Bonchev–Trinajstić information content (AvgIpc) is 2.47. The summed E-state index contributed by atoms with van der Waals surface area (Å²) in [6, 6.07) is 7.49. The van der Waals surface area contributed by atoms with E-state index in [0.29, 0.717) is 5.52 Å². The molecular formula is C14H16N4O2. The van der Waals surface area contributed by atoms with Gasteiger partial charge < -0.3 is 21.2 Å². The lowest BCUT2D eigenvalue weighted by Gasteiger charge is -2.24. The summed E-state index contributed by atoms with van der Waals surface area (Å²) in [7, 11) is 0. The molecule has 20 heavy (non-hydrogen) atoms. The molecule has 1 saturated heterocycles. The van der Waals surface area contributed by atoms with Gasteiger partial charge in [0.05, 0.1) is 0 Å². The fourth-order valence-corrected chi connectivity index (χ4v) is 2.93. The van der Waals surface area contributed by atoms with Gasteiger partial charge >= 0.3 is 5.82 Å². The minimum Gasteiger partial charge on any atom is -0.392 e. The number of nitrogens with zero attached hydrogens (tertiary/aromatic N) is 2. The summed E-state index contributed by atoms with van der Waals surface area (Å²) in [5, 5.41) is 15.4. The first-order valence-electron chi connectivity index (χ1n) is 6.71. The fourth-order valence-electron chi connectivity index (χ4n) is 2.93. The summed E-state index contributed by atoms with van der Waals surface area (Å²) in [4.78, 5) is 14.7. The van der Waals surface area contributed by atoms with Gasteiger partial charge in [0, 0.05) is 5.39 Å². The van der Waals surface area contributed by atoms with Crippen LogP contribution in [0.5, 0.6) is 0 Å². The highest BCUT2D eigenvalue weighted by Crippen LogP contribution is 2.38. The monoisotopic (exact) mass is 272 g/mol. The zero-order chi connectivity index (χ0) is 14.1. The summed E-state index contributed by atoms with van der Waals surface area (Å²) in [5.74, 6) is 0.0279. The number of rotatable bonds is 2. The Labute approximate surface area is 116 Å². The molecule has 3 N–H and O–H groups in total. The van der Waals surface area contributed by atoms with Crippen molar-refractivity contribution in [2.24, 2.45) is 0 Å². The van der Waals surface area contributed by atoms with E-state index in [1.807, 2.05) is 18.2 Å². The molecule has 104 valence electrons. The molecule has 0 saturated carbocycles. The van der Waals surface area contributed by atoms with E-state index in [9.17, 15) is 10.1 Å². The molecule has 2 heterocycles. The van der Waals surface area contributed by atoms with Crippen molar-refractivity contribution in [1.29, 1.82) is 0 Å². The van der Waals surface area contributed by atoms with E-state index in [0.717, 1.165) is 36.9 Å². The number of benzene rings is 1. The standard InChI is InChI=1S/C14H16N4O2/c15-13-12(9-5-7-16-8-6-9)10-3-1-2-4-11(10)17-14(13)18(19)20/h1-4,9,16H,5-8,15H2. The highest BCUT2D eigenvalue weighted by atomic mass is 16.6. The van der Waals surface area contributed by atoms with Gasteiger partial charge in [0.15, 0.2) is 5.52 Å². The molecule has 2 aromatic rings. The summed E-state index contributed by atoms with van der Waals surface area (Å²) in [5.41, 5.74) is 7.81. The van der Waals surface area contributed by atoms with Gasteiger partial charge in [0.25, 0.3) is 0 Å². The van der Waals surface area contributed by atoms with Gasteiger partial charge in [-0.1, -0.05) is 18.2 Å². The van der Waals surface area contributed by atoms with E-state index >= 15 is 0 Å². The Kier molecular flexibility index (Phi) is 3.23. The molecule has 0 atom stereocenters. The minimum absolute atomic E-state index is 0.223. The maximum absolute atomic E-state index is 11.2. The molecule has 0 unspecified atom stereocenters. The van der Waals surface area contributed by atoms with Crippen LogP contribution >= 0.6 is 0 Å². The first-order chi connectivity index (χ1) is 9.68. The molecule has 1 aliphatic heterocycles. The maximum atomic E-state index is 11.2. The van der Waals surface area contributed by atoms with E-state index in [1.165, 1.54) is 0 Å². The predicted molar refractivity (Wildman–Crippen MR) is 77.7 cm³/mol. The van der Waals surface area contributed by atoms with Crippen LogP contribution in [0.25, 0.3) is 10.9 Å². The van der Waals surface area contributed by atoms with Gasteiger partial charge in [0.2, 0.25) is 0 Å². The number of aromatic nitrogens is 1.